The molecule has 3 nitrogen and oxygen atoms in total. The van der Waals surface area contributed by atoms with Crippen LogP contribution < -0.4 is 4.74 Å². The van der Waals surface area contributed by atoms with Crippen LogP contribution in [0.3, 0.4) is 0 Å². The van der Waals surface area contributed by atoms with E-state index in [4.69, 9.17) is 4.74 Å². The largest absolute Gasteiger partial charge is 0.490 e. The Morgan fingerprint density at radius 1 is 1.11 bits per heavy atom. The van der Waals surface area contributed by atoms with Crippen LogP contribution >= 0.6 is 0 Å². The summed E-state index contributed by atoms with van der Waals surface area (Å²) in [5.74, 6) is 1.40. The third kappa shape index (κ3) is 2.86. The summed E-state index contributed by atoms with van der Waals surface area (Å²) >= 11 is 0. The van der Waals surface area contributed by atoms with Gasteiger partial charge in [-0.25, -0.2) is 0 Å². The van der Waals surface area contributed by atoms with Crippen molar-refractivity contribution in [1.29, 1.82) is 0 Å². The number of benzene rings is 1. The number of carbonyl (C=O) groups excluding carboxylic acids is 1. The molecule has 5 rings (SSSR count). The smallest absolute Gasteiger partial charge is 0.147 e. The summed E-state index contributed by atoms with van der Waals surface area (Å²) < 4.78 is 6.23. The molecule has 0 saturated heterocycles. The molecule has 0 bridgehead atoms. The molecule has 1 saturated carbocycles. The average Bonchev–Trinajstić information content (AvgIpc) is 3.34. The van der Waals surface area contributed by atoms with E-state index in [1.807, 2.05) is 0 Å². The molecule has 3 heteroatoms. The molecule has 0 aliphatic heterocycles. The number of Topliss-reactive ketones (excluding diaryl/α,β-unsaturated/α-hetero) is 1. The van der Waals surface area contributed by atoms with Gasteiger partial charge < -0.3 is 9.84 Å². The molecule has 1 aromatic carbocycles. The predicted molar refractivity (Wildman–Crippen MR) is 110 cm³/mol. The van der Waals surface area contributed by atoms with Gasteiger partial charge in [0.15, 0.2) is 0 Å². The van der Waals surface area contributed by atoms with Gasteiger partial charge in [-0.2, -0.15) is 0 Å². The molecular weight excluding hydrogens is 348 g/mol. The maximum absolute atomic E-state index is 12.8. The molecule has 1 aromatic rings. The molecule has 28 heavy (non-hydrogen) atoms. The SMILES string of the molecule is O=C1CC=C2C3=C(CC[C@]12CCCO)c1ccc(OC2CCCC2)cc1CC3. The van der Waals surface area contributed by atoms with E-state index in [-0.39, 0.29) is 12.0 Å². The van der Waals surface area contributed by atoms with Crippen LogP contribution in [0.5, 0.6) is 5.75 Å². The minimum absolute atomic E-state index is 0.167. The fourth-order valence-corrected chi connectivity index (χ4v) is 6.04. The molecule has 0 spiro atoms. The lowest BCUT2D eigenvalue weighted by Crippen LogP contribution is -2.34. The molecule has 4 aliphatic rings. The number of carbonyl (C=O) groups is 1. The zero-order chi connectivity index (χ0) is 19.1. The van der Waals surface area contributed by atoms with Crippen molar-refractivity contribution in [2.24, 2.45) is 5.41 Å². The molecule has 1 N–H and O–H groups in total. The van der Waals surface area contributed by atoms with Crippen LogP contribution in [0.25, 0.3) is 5.57 Å². The fraction of sp³-hybridized carbons (Fsp3) is 0.560. The van der Waals surface area contributed by atoms with Gasteiger partial charge in [0.1, 0.15) is 11.5 Å². The molecule has 0 aromatic heterocycles. The zero-order valence-corrected chi connectivity index (χ0v) is 16.6. The Kier molecular flexibility index (Phi) is 4.66. The molecule has 1 atom stereocenters. The highest BCUT2D eigenvalue weighted by Gasteiger charge is 2.48. The van der Waals surface area contributed by atoms with E-state index < -0.39 is 0 Å². The molecule has 4 aliphatic carbocycles. The topological polar surface area (TPSA) is 46.5 Å². The van der Waals surface area contributed by atoms with Crippen LogP contribution in [0.15, 0.2) is 35.4 Å². The maximum Gasteiger partial charge on any atom is 0.147 e. The highest BCUT2D eigenvalue weighted by molar-refractivity contribution is 5.97. The van der Waals surface area contributed by atoms with Crippen molar-refractivity contribution in [2.45, 2.75) is 76.7 Å². The van der Waals surface area contributed by atoms with E-state index in [2.05, 4.69) is 24.3 Å². The van der Waals surface area contributed by atoms with E-state index in [9.17, 15) is 9.90 Å². The molecule has 0 heterocycles. The Morgan fingerprint density at radius 3 is 2.79 bits per heavy atom. The highest BCUT2D eigenvalue weighted by Crippen LogP contribution is 2.56. The first-order valence-corrected chi connectivity index (χ1v) is 11.1. The summed E-state index contributed by atoms with van der Waals surface area (Å²) in [6, 6.07) is 6.67. The van der Waals surface area contributed by atoms with Crippen LogP contribution in [0.2, 0.25) is 0 Å². The Bertz CT molecular complexity index is 857. The van der Waals surface area contributed by atoms with Crippen molar-refractivity contribution < 1.29 is 14.6 Å². The van der Waals surface area contributed by atoms with Crippen LogP contribution in [0.1, 0.15) is 75.3 Å². The number of allylic oxidation sites excluding steroid dienone is 4. The summed E-state index contributed by atoms with van der Waals surface area (Å²) in [5, 5.41) is 9.34. The van der Waals surface area contributed by atoms with Gasteiger partial charge in [0.25, 0.3) is 0 Å². The van der Waals surface area contributed by atoms with Crippen molar-refractivity contribution in [3.63, 3.8) is 0 Å². The number of rotatable bonds is 5. The lowest BCUT2D eigenvalue weighted by atomic mass is 9.63. The molecule has 0 radical (unpaired) electrons. The van der Waals surface area contributed by atoms with Crippen molar-refractivity contribution in [3.05, 3.63) is 46.5 Å². The van der Waals surface area contributed by atoms with Crippen LogP contribution in [0, 0.1) is 5.41 Å². The van der Waals surface area contributed by atoms with Crippen LogP contribution in [0.4, 0.5) is 0 Å². The van der Waals surface area contributed by atoms with Crippen molar-refractivity contribution in [1.82, 2.24) is 0 Å². The van der Waals surface area contributed by atoms with Gasteiger partial charge in [-0.1, -0.05) is 12.1 Å². The number of ether oxygens (including phenoxy) is 1. The summed E-state index contributed by atoms with van der Waals surface area (Å²) in [7, 11) is 0. The van der Waals surface area contributed by atoms with Gasteiger partial charge in [0, 0.05) is 13.0 Å². The molecule has 148 valence electrons. The lowest BCUT2D eigenvalue weighted by molar-refractivity contribution is -0.125. The van der Waals surface area contributed by atoms with Gasteiger partial charge in [0.05, 0.1) is 11.5 Å². The minimum Gasteiger partial charge on any atom is -0.490 e. The number of fused-ring (bicyclic) bond motifs is 4. The van der Waals surface area contributed by atoms with Crippen molar-refractivity contribution in [3.8, 4) is 5.75 Å². The van der Waals surface area contributed by atoms with Gasteiger partial charge >= 0.3 is 0 Å². The molecule has 0 amide bonds. The van der Waals surface area contributed by atoms with Crippen LogP contribution in [-0.2, 0) is 11.2 Å². The third-order valence-corrected chi connectivity index (χ3v) is 7.44. The number of ketones is 1. The molecular formula is C25H30O3. The predicted octanol–water partition coefficient (Wildman–Crippen LogP) is 5.16. The summed E-state index contributed by atoms with van der Waals surface area (Å²) in [6.45, 7) is 0.167. The van der Waals surface area contributed by atoms with Gasteiger partial charge in [-0.15, -0.1) is 0 Å². The Morgan fingerprint density at radius 2 is 1.96 bits per heavy atom. The van der Waals surface area contributed by atoms with Gasteiger partial charge in [0.2, 0.25) is 0 Å². The van der Waals surface area contributed by atoms with Crippen molar-refractivity contribution >= 4 is 11.4 Å². The second-order valence-electron chi connectivity index (χ2n) is 8.95. The van der Waals surface area contributed by atoms with E-state index in [0.29, 0.717) is 24.7 Å². The quantitative estimate of drug-likeness (QED) is 0.770. The minimum atomic E-state index is -0.315. The Balaban J connectivity index is 1.45. The highest BCUT2D eigenvalue weighted by atomic mass is 16.5. The maximum atomic E-state index is 12.8. The zero-order valence-electron chi connectivity index (χ0n) is 16.6. The van der Waals surface area contributed by atoms with Gasteiger partial charge in [-0.3, -0.25) is 4.79 Å². The summed E-state index contributed by atoms with van der Waals surface area (Å²) in [6.07, 6.45) is 13.5. The average molecular weight is 379 g/mol. The van der Waals surface area contributed by atoms with E-state index in [1.165, 1.54) is 53.5 Å². The first-order valence-electron chi connectivity index (χ1n) is 11.1. The number of hydrogen-bond donors (Lipinski definition) is 1. The second kappa shape index (κ2) is 7.18. The van der Waals surface area contributed by atoms with Crippen LogP contribution in [-0.4, -0.2) is 23.6 Å². The Labute approximate surface area is 167 Å². The third-order valence-electron chi connectivity index (χ3n) is 7.44. The van der Waals surface area contributed by atoms with E-state index in [1.54, 1.807) is 0 Å². The Hall–Kier alpha value is -1.87. The number of hydrogen-bond acceptors (Lipinski definition) is 3. The van der Waals surface area contributed by atoms with Crippen molar-refractivity contribution in [2.75, 3.05) is 6.61 Å². The van der Waals surface area contributed by atoms with Gasteiger partial charge in [-0.05, 0) is 104 Å². The monoisotopic (exact) mass is 378 g/mol. The summed E-state index contributed by atoms with van der Waals surface area (Å²) in [4.78, 5) is 12.8. The standard InChI is InChI=1S/C25H30O3/c26-15-3-13-25-14-12-21-20-9-7-19(28-18-4-1-2-5-18)16-17(20)6-8-22(21)23(25)10-11-24(25)27/h7,9-10,16,18,26H,1-6,8,11-15H2/t25-/m0/s1. The summed E-state index contributed by atoms with van der Waals surface area (Å²) in [5.41, 5.74) is 6.63. The number of aryl methyl sites for hydroxylation is 1. The lowest BCUT2D eigenvalue weighted by Gasteiger charge is -2.40. The second-order valence-corrected chi connectivity index (χ2v) is 8.95. The molecule has 1 fully saturated rings. The first kappa shape index (κ1) is 18.2. The normalized spacial score (nSPS) is 26.8. The van der Waals surface area contributed by atoms with E-state index >= 15 is 0 Å². The first-order chi connectivity index (χ1) is 13.7. The molecule has 0 unspecified atom stereocenters. The fourth-order valence-electron chi connectivity index (χ4n) is 6.04. The van der Waals surface area contributed by atoms with E-state index in [0.717, 1.165) is 37.9 Å². The number of aliphatic hydroxyl groups is 1. The number of aliphatic hydroxyl groups excluding tert-OH is 1.